The normalized spacial score (nSPS) is 15.0. The first-order chi connectivity index (χ1) is 62.6. The fourth-order valence-corrected chi connectivity index (χ4v) is 20.0. The predicted octanol–water partition coefficient (Wildman–Crippen LogP) is 11.7. The lowest BCUT2D eigenvalue weighted by molar-refractivity contribution is -0.122. The van der Waals surface area contributed by atoms with E-state index in [1.54, 1.807) is 31.3 Å². The van der Waals surface area contributed by atoms with Crippen LogP contribution in [0.15, 0.2) is 190 Å². The molecule has 14 N–H and O–H groups in total. The summed E-state index contributed by atoms with van der Waals surface area (Å²) in [6.45, 7) is 15.2. The summed E-state index contributed by atoms with van der Waals surface area (Å²) in [6.07, 6.45) is 11.6. The van der Waals surface area contributed by atoms with Gasteiger partial charge in [-0.2, -0.15) is 19.9 Å². The predicted molar refractivity (Wildman–Crippen MR) is 519 cm³/mol. The fourth-order valence-electron chi connectivity index (χ4n) is 16.7. The highest BCUT2D eigenvalue weighted by Gasteiger charge is 2.33. The lowest BCUT2D eigenvalue weighted by Crippen LogP contribution is -2.49. The highest BCUT2D eigenvalue weighted by molar-refractivity contribution is 9.10. The summed E-state index contributed by atoms with van der Waals surface area (Å²) in [6, 6.07) is 57.4. The molecule has 4 aliphatic heterocycles. The molecule has 4 fully saturated rings. The SMILES string of the molecule is CC(=O)CS(=O)(=O)c1cccc(CN(CCc2ccc(Br)cc2)C2CCN(c3n[nH]c(N)n3)CC2)c1.CCCS(=O)(=O)c1cccc(CN(CCc2ccc(Cl)cc2)C2CCN(c3n[nH]c(N)n3)CC2)c1.CNC(=O)CN(CCc1ccc(Cl)cc1)C1CCN(c2n[nH]c(N)n2)CC1.Nc1nc(N2CCC(N(CCc3ccc(Cl)cc3)CC(=O)Nc3ccccc3)CC2)n[nH]1. The molecular weight excluding hydrogens is 1820 g/mol. The number of para-hydroxylation sites is 1. The Kier molecular flexibility index (Phi) is 36.6. The van der Waals surface area contributed by atoms with E-state index in [1.807, 2.05) is 134 Å². The number of piperidine rings is 4. The summed E-state index contributed by atoms with van der Waals surface area (Å²) < 4.78 is 51.6. The van der Waals surface area contributed by atoms with Crippen molar-refractivity contribution in [3.8, 4) is 0 Å². The third-order valence-corrected chi connectivity index (χ3v) is 28.6. The zero-order chi connectivity index (χ0) is 92.1. The van der Waals surface area contributed by atoms with E-state index in [0.29, 0.717) is 109 Å². The van der Waals surface area contributed by atoms with Gasteiger partial charge < -0.3 is 53.2 Å². The van der Waals surface area contributed by atoms with Crippen LogP contribution in [0.5, 0.6) is 0 Å². The first-order valence-corrected chi connectivity index (χ1v) is 49.2. The van der Waals surface area contributed by atoms with Crippen LogP contribution < -0.4 is 53.2 Å². The van der Waals surface area contributed by atoms with Crippen LogP contribution in [0, 0.1) is 0 Å². The molecule has 694 valence electrons. The molecule has 0 saturated carbocycles. The number of likely N-dealkylation sites (N-methyl/N-ethyl adjacent to an activating group) is 1. The number of hydrogen-bond donors (Lipinski definition) is 10. The minimum atomic E-state index is -3.64. The summed E-state index contributed by atoms with van der Waals surface area (Å²) in [5.74, 6) is 3.18. The Bertz CT molecular complexity index is 5600. The molecule has 4 saturated heterocycles. The molecule has 2 amide bonds. The van der Waals surface area contributed by atoms with E-state index < -0.39 is 25.4 Å². The van der Waals surface area contributed by atoms with Crippen molar-refractivity contribution in [3.05, 3.63) is 229 Å². The molecule has 0 radical (unpaired) electrons. The monoisotopic (exact) mass is 1930 g/mol. The second-order valence-electron chi connectivity index (χ2n) is 33.0. The van der Waals surface area contributed by atoms with Gasteiger partial charge in [-0.05, 0) is 209 Å². The molecule has 0 aliphatic carbocycles. The number of Topliss-reactive ketones (excluding diaryl/α,β-unsaturated/α-hetero) is 1. The number of ketones is 1. The molecule has 4 aromatic heterocycles. The van der Waals surface area contributed by atoms with E-state index in [9.17, 15) is 31.2 Å². The summed E-state index contributed by atoms with van der Waals surface area (Å²) in [5.41, 5.74) is 30.3. The lowest BCUT2D eigenvalue weighted by atomic mass is 10.0. The van der Waals surface area contributed by atoms with Gasteiger partial charge >= 0.3 is 0 Å². The van der Waals surface area contributed by atoms with Crippen molar-refractivity contribution < 1.29 is 31.2 Å². The molecule has 7 aromatic carbocycles. The molecule has 130 heavy (non-hydrogen) atoms. The van der Waals surface area contributed by atoms with Crippen LogP contribution in [0.1, 0.15) is 105 Å². The number of H-pyrrole nitrogens is 4. The van der Waals surface area contributed by atoms with E-state index in [0.717, 1.165) is 192 Å². The van der Waals surface area contributed by atoms with Crippen molar-refractivity contribution in [3.63, 3.8) is 0 Å². The van der Waals surface area contributed by atoms with Crippen LogP contribution >= 0.6 is 50.7 Å². The van der Waals surface area contributed by atoms with Crippen molar-refractivity contribution in [2.45, 2.75) is 144 Å². The van der Waals surface area contributed by atoms with Gasteiger partial charge in [0, 0.05) is 148 Å². The van der Waals surface area contributed by atoms with Crippen molar-refractivity contribution in [2.75, 3.05) is 158 Å². The Hall–Kier alpha value is -10.8. The standard InChI is InChI=1S/C25H31BrN6O3S.C25H33ClN6O2S.C23H28ClN7O.C18H26ClN7O/c1-18(33)17-36(34,35)23-4-2-3-20(15-23)16-32(12-9-19-5-7-21(26)8-6-19)22-10-13-31(14-11-22)25-28-24(27)29-30-25;1-2-16-35(33,34)23-5-3-4-20(17-23)18-32(13-10-19-6-8-21(26)9-7-19)22-11-14-31(15-12-22)25-28-24(27)29-30-25;24-18-8-6-17(7-9-18)10-13-31(16-21(32)26-19-4-2-1-3-5-19)20-11-14-30(15-12-20)23-27-22(25)28-29-23;1-21-16(27)12-26(9-6-13-2-4-14(19)5-3-13)15-7-10-25(11-8-15)18-22-17(20)23-24-18/h2-8,15,22H,9-14,16-17H2,1H3,(H3,27,28,29,30);3-9,17,22H,2,10-16,18H2,1H3,(H3,27,28,29,30);1-9,20H,10-16H2,(H,26,32)(H3,25,27,28,29);2-5,15H,6-12H2,1H3,(H,21,27)(H3,20,22,23,24). The van der Waals surface area contributed by atoms with Gasteiger partial charge in [0.15, 0.2) is 19.7 Å². The van der Waals surface area contributed by atoms with Gasteiger partial charge in [-0.3, -0.25) is 34.0 Å². The molecular formula is C91H118BrCl3N26O7S2. The molecule has 11 aromatic rings. The summed E-state index contributed by atoms with van der Waals surface area (Å²) in [5, 5.41) is 35.4. The maximum absolute atomic E-state index is 12.8. The molecule has 15 rings (SSSR count). The number of nitrogen functional groups attached to an aromatic ring is 4. The molecule has 0 bridgehead atoms. The smallest absolute Gasteiger partial charge is 0.246 e. The number of amides is 2. The number of rotatable bonds is 35. The number of benzene rings is 7. The fraction of sp³-hybridized carbons (Fsp3) is 0.418. The van der Waals surface area contributed by atoms with Crippen LogP contribution in [-0.2, 0) is 72.8 Å². The summed E-state index contributed by atoms with van der Waals surface area (Å²) in [4.78, 5) is 71.8. The number of hydrogen-bond acceptors (Lipinski definition) is 27. The number of carbonyl (C=O) groups is 3. The third-order valence-electron chi connectivity index (χ3n) is 23.6. The Morgan fingerprint density at radius 2 is 0.738 bits per heavy atom. The Balaban J connectivity index is 0.000000158. The molecule has 0 atom stereocenters. The number of sulfone groups is 2. The number of halogens is 4. The average molecular weight is 1940 g/mol. The van der Waals surface area contributed by atoms with Crippen LogP contribution in [0.2, 0.25) is 15.1 Å². The molecule has 4 aliphatic rings. The van der Waals surface area contributed by atoms with Crippen LogP contribution in [0.4, 0.5) is 53.3 Å². The first kappa shape index (κ1) is 98.2. The number of nitrogens with one attached hydrogen (secondary N) is 6. The number of carbonyl (C=O) groups excluding carboxylic acids is 3. The number of nitrogens with zero attached hydrogens (tertiary/aromatic N) is 16. The zero-order valence-electron chi connectivity index (χ0n) is 73.6. The summed E-state index contributed by atoms with van der Waals surface area (Å²) >= 11 is 21.5. The topological polar surface area (TPSA) is 440 Å². The number of nitrogens with two attached hydrogens (primary N) is 4. The highest BCUT2D eigenvalue weighted by Crippen LogP contribution is 2.30. The third kappa shape index (κ3) is 30.4. The Morgan fingerprint density at radius 1 is 0.423 bits per heavy atom. The zero-order valence-corrected chi connectivity index (χ0v) is 79.1. The lowest BCUT2D eigenvalue weighted by Gasteiger charge is -2.38. The van der Waals surface area contributed by atoms with Gasteiger partial charge in [-0.1, -0.05) is 149 Å². The Labute approximate surface area is 783 Å². The molecule has 39 heteroatoms. The van der Waals surface area contributed by atoms with Crippen LogP contribution in [0.25, 0.3) is 0 Å². The molecule has 33 nitrogen and oxygen atoms in total. The van der Waals surface area contributed by atoms with Gasteiger partial charge in [0.05, 0.1) is 28.6 Å². The van der Waals surface area contributed by atoms with Crippen LogP contribution in [-0.4, -0.2) is 249 Å². The second kappa shape index (κ2) is 48.4. The second-order valence-corrected chi connectivity index (χ2v) is 39.3. The van der Waals surface area contributed by atoms with Crippen molar-refractivity contribution in [1.82, 2.24) is 85.6 Å². The highest BCUT2D eigenvalue weighted by atomic mass is 79.9. The minimum Gasteiger partial charge on any atom is -0.368 e. The molecule has 0 spiro atoms. The van der Waals surface area contributed by atoms with E-state index in [2.05, 4.69) is 151 Å². The molecule has 8 heterocycles. The maximum atomic E-state index is 12.8. The van der Waals surface area contributed by atoms with Crippen molar-refractivity contribution in [2.24, 2.45) is 0 Å². The van der Waals surface area contributed by atoms with E-state index >= 15 is 0 Å². The van der Waals surface area contributed by atoms with Crippen molar-refractivity contribution in [1.29, 1.82) is 0 Å². The van der Waals surface area contributed by atoms with Gasteiger partial charge in [0.2, 0.25) is 59.4 Å². The van der Waals surface area contributed by atoms with Gasteiger partial charge in [0.1, 0.15) is 11.5 Å². The Morgan fingerprint density at radius 3 is 1.05 bits per heavy atom. The number of aromatic amines is 4. The van der Waals surface area contributed by atoms with E-state index in [4.69, 9.17) is 57.7 Å². The largest absolute Gasteiger partial charge is 0.368 e. The number of aromatic nitrogens is 12. The maximum Gasteiger partial charge on any atom is 0.246 e. The quantitative estimate of drug-likeness (QED) is 0.0176. The number of anilines is 9. The van der Waals surface area contributed by atoms with Gasteiger partial charge in [0.25, 0.3) is 0 Å². The van der Waals surface area contributed by atoms with Crippen LogP contribution in [0.3, 0.4) is 0 Å². The minimum absolute atomic E-state index is 0.00326. The van der Waals surface area contributed by atoms with Gasteiger partial charge in [-0.25, -0.2) is 37.2 Å². The summed E-state index contributed by atoms with van der Waals surface area (Å²) in [7, 11) is -5.22. The average Bonchev–Trinajstić information content (AvgIpc) is 2.01. The van der Waals surface area contributed by atoms with Gasteiger partial charge in [-0.15, -0.1) is 20.4 Å². The van der Waals surface area contributed by atoms with Crippen molar-refractivity contribution >= 4 is 141 Å². The van der Waals surface area contributed by atoms with E-state index in [-0.39, 0.29) is 28.2 Å². The van der Waals surface area contributed by atoms with E-state index in [1.165, 1.54) is 29.2 Å². The first-order valence-electron chi connectivity index (χ1n) is 44.0. The molecule has 0 unspecified atom stereocenters.